The predicted octanol–water partition coefficient (Wildman–Crippen LogP) is 5.71. The van der Waals surface area contributed by atoms with Crippen molar-refractivity contribution in [3.63, 3.8) is 0 Å². The fourth-order valence-electron chi connectivity index (χ4n) is 3.69. The van der Waals surface area contributed by atoms with Gasteiger partial charge in [-0.15, -0.1) is 0 Å². The van der Waals surface area contributed by atoms with Gasteiger partial charge in [0.1, 0.15) is 5.82 Å². The highest BCUT2D eigenvalue weighted by Crippen LogP contribution is 2.40. The van der Waals surface area contributed by atoms with Gasteiger partial charge in [0.15, 0.2) is 5.78 Å². The smallest absolute Gasteiger partial charge is 0.165 e. The van der Waals surface area contributed by atoms with Crippen molar-refractivity contribution in [2.75, 3.05) is 0 Å². The summed E-state index contributed by atoms with van der Waals surface area (Å²) in [6.45, 7) is 4.20. The summed E-state index contributed by atoms with van der Waals surface area (Å²) < 4.78 is 13.4. The Hall–Kier alpha value is -2.81. The SMILES string of the molecule is CC1(C)CC(=O)c2c(-c3ccc(F)cc3)cc(-c3ccccc3)nc2C1. The first-order valence-electron chi connectivity index (χ1n) is 8.81. The molecule has 1 heterocycles. The summed E-state index contributed by atoms with van der Waals surface area (Å²) in [7, 11) is 0. The van der Waals surface area contributed by atoms with E-state index in [1.807, 2.05) is 36.4 Å². The lowest BCUT2D eigenvalue weighted by atomic mass is 9.74. The molecule has 1 aliphatic rings. The third-order valence-corrected chi connectivity index (χ3v) is 4.88. The Bertz CT molecular complexity index is 975. The van der Waals surface area contributed by atoms with Crippen molar-refractivity contribution < 1.29 is 9.18 Å². The van der Waals surface area contributed by atoms with Crippen LogP contribution in [0.15, 0.2) is 60.7 Å². The molecule has 3 heteroatoms. The average Bonchev–Trinajstić information content (AvgIpc) is 2.61. The molecule has 0 bridgehead atoms. The summed E-state index contributed by atoms with van der Waals surface area (Å²) >= 11 is 0. The number of hydrogen-bond donors (Lipinski definition) is 0. The second-order valence-corrected chi connectivity index (χ2v) is 7.69. The largest absolute Gasteiger partial charge is 0.294 e. The van der Waals surface area contributed by atoms with Crippen LogP contribution < -0.4 is 0 Å². The fourth-order valence-corrected chi connectivity index (χ4v) is 3.69. The summed E-state index contributed by atoms with van der Waals surface area (Å²) in [5.41, 5.74) is 4.96. The zero-order chi connectivity index (χ0) is 18.3. The minimum absolute atomic E-state index is 0.105. The van der Waals surface area contributed by atoms with Crippen LogP contribution in [0, 0.1) is 11.2 Å². The number of carbonyl (C=O) groups is 1. The van der Waals surface area contributed by atoms with Gasteiger partial charge in [-0.1, -0.05) is 56.3 Å². The molecular weight excluding hydrogens is 325 g/mol. The second-order valence-electron chi connectivity index (χ2n) is 7.69. The first-order chi connectivity index (χ1) is 12.4. The van der Waals surface area contributed by atoms with Crippen molar-refractivity contribution in [1.29, 1.82) is 0 Å². The van der Waals surface area contributed by atoms with E-state index in [4.69, 9.17) is 4.98 Å². The van der Waals surface area contributed by atoms with Gasteiger partial charge in [-0.3, -0.25) is 9.78 Å². The Morgan fingerprint density at radius 3 is 2.31 bits per heavy atom. The highest BCUT2D eigenvalue weighted by molar-refractivity contribution is 6.05. The monoisotopic (exact) mass is 345 g/mol. The maximum atomic E-state index is 13.4. The maximum Gasteiger partial charge on any atom is 0.165 e. The molecule has 130 valence electrons. The molecule has 0 fully saturated rings. The highest BCUT2D eigenvalue weighted by atomic mass is 19.1. The van der Waals surface area contributed by atoms with E-state index in [-0.39, 0.29) is 17.0 Å². The Kier molecular flexibility index (Phi) is 3.95. The lowest BCUT2D eigenvalue weighted by Crippen LogP contribution is -2.28. The molecule has 1 aliphatic carbocycles. The molecule has 2 aromatic carbocycles. The van der Waals surface area contributed by atoms with Crippen LogP contribution in [-0.4, -0.2) is 10.8 Å². The Morgan fingerprint density at radius 1 is 0.923 bits per heavy atom. The van der Waals surface area contributed by atoms with E-state index < -0.39 is 0 Å². The summed E-state index contributed by atoms with van der Waals surface area (Å²) in [6.07, 6.45) is 1.25. The fraction of sp³-hybridized carbons (Fsp3) is 0.217. The summed E-state index contributed by atoms with van der Waals surface area (Å²) in [5.74, 6) is -0.171. The zero-order valence-electron chi connectivity index (χ0n) is 14.9. The highest BCUT2D eigenvalue weighted by Gasteiger charge is 2.34. The quantitative estimate of drug-likeness (QED) is 0.595. The molecule has 1 aromatic heterocycles. The summed E-state index contributed by atoms with van der Waals surface area (Å²) in [4.78, 5) is 17.7. The van der Waals surface area contributed by atoms with Crippen LogP contribution in [0.1, 0.15) is 36.3 Å². The Labute approximate surface area is 152 Å². The van der Waals surface area contributed by atoms with E-state index in [1.54, 1.807) is 12.1 Å². The number of hydrogen-bond acceptors (Lipinski definition) is 2. The maximum absolute atomic E-state index is 13.4. The van der Waals surface area contributed by atoms with Gasteiger partial charge in [-0.2, -0.15) is 0 Å². The third-order valence-electron chi connectivity index (χ3n) is 4.88. The van der Waals surface area contributed by atoms with E-state index in [0.717, 1.165) is 34.5 Å². The molecule has 26 heavy (non-hydrogen) atoms. The third kappa shape index (κ3) is 3.05. The van der Waals surface area contributed by atoms with Gasteiger partial charge < -0.3 is 0 Å². The molecule has 0 radical (unpaired) electrons. The van der Waals surface area contributed by atoms with E-state index in [0.29, 0.717) is 12.0 Å². The molecule has 2 nitrogen and oxygen atoms in total. The Morgan fingerprint density at radius 2 is 1.62 bits per heavy atom. The lowest BCUT2D eigenvalue weighted by Gasteiger charge is -2.31. The van der Waals surface area contributed by atoms with Crippen molar-refractivity contribution in [2.45, 2.75) is 26.7 Å². The summed E-state index contributed by atoms with van der Waals surface area (Å²) in [5, 5.41) is 0. The number of benzene rings is 2. The number of rotatable bonds is 2. The zero-order valence-corrected chi connectivity index (χ0v) is 14.9. The number of nitrogens with zero attached hydrogens (tertiary/aromatic N) is 1. The number of ketones is 1. The lowest BCUT2D eigenvalue weighted by molar-refractivity contribution is 0.0911. The van der Waals surface area contributed by atoms with Gasteiger partial charge >= 0.3 is 0 Å². The molecular formula is C23H20FNO. The summed E-state index contributed by atoms with van der Waals surface area (Å²) in [6, 6.07) is 18.2. The van der Waals surface area contributed by atoms with Crippen molar-refractivity contribution in [3.8, 4) is 22.4 Å². The number of carbonyl (C=O) groups excluding carboxylic acids is 1. The molecule has 3 aromatic rings. The Balaban J connectivity index is 1.97. The van der Waals surface area contributed by atoms with Crippen LogP contribution in [0.3, 0.4) is 0 Å². The second kappa shape index (κ2) is 6.17. The van der Waals surface area contributed by atoms with Gasteiger partial charge in [0.2, 0.25) is 0 Å². The van der Waals surface area contributed by atoms with Gasteiger partial charge in [0.25, 0.3) is 0 Å². The topological polar surface area (TPSA) is 30.0 Å². The molecule has 0 aliphatic heterocycles. The predicted molar refractivity (Wildman–Crippen MR) is 101 cm³/mol. The normalized spacial score (nSPS) is 15.6. The van der Waals surface area contributed by atoms with Crippen LogP contribution in [0.2, 0.25) is 0 Å². The van der Waals surface area contributed by atoms with Crippen molar-refractivity contribution in [2.24, 2.45) is 5.41 Å². The molecule has 0 spiro atoms. The average molecular weight is 345 g/mol. The van der Waals surface area contributed by atoms with E-state index in [1.165, 1.54) is 12.1 Å². The van der Waals surface area contributed by atoms with Gasteiger partial charge in [0, 0.05) is 17.5 Å². The van der Waals surface area contributed by atoms with Crippen LogP contribution >= 0.6 is 0 Å². The number of pyridine rings is 1. The number of halogens is 1. The first-order valence-corrected chi connectivity index (χ1v) is 8.81. The van der Waals surface area contributed by atoms with Crippen molar-refractivity contribution >= 4 is 5.78 Å². The molecule has 0 N–H and O–H groups in total. The minimum atomic E-state index is -0.285. The van der Waals surface area contributed by atoms with Gasteiger partial charge in [-0.05, 0) is 41.2 Å². The van der Waals surface area contributed by atoms with Crippen molar-refractivity contribution in [1.82, 2.24) is 4.98 Å². The van der Waals surface area contributed by atoms with Crippen LogP contribution in [0.5, 0.6) is 0 Å². The van der Waals surface area contributed by atoms with Crippen molar-refractivity contribution in [3.05, 3.63) is 77.7 Å². The van der Waals surface area contributed by atoms with E-state index >= 15 is 0 Å². The van der Waals surface area contributed by atoms with Crippen LogP contribution in [-0.2, 0) is 6.42 Å². The van der Waals surface area contributed by atoms with Crippen LogP contribution in [0.4, 0.5) is 4.39 Å². The van der Waals surface area contributed by atoms with Crippen LogP contribution in [0.25, 0.3) is 22.4 Å². The molecule has 0 saturated heterocycles. The molecule has 0 saturated carbocycles. The first kappa shape index (κ1) is 16.6. The number of aromatic nitrogens is 1. The van der Waals surface area contributed by atoms with Gasteiger partial charge in [0.05, 0.1) is 11.4 Å². The van der Waals surface area contributed by atoms with Gasteiger partial charge in [-0.25, -0.2) is 4.39 Å². The molecule has 0 amide bonds. The minimum Gasteiger partial charge on any atom is -0.294 e. The number of fused-ring (bicyclic) bond motifs is 1. The van der Waals surface area contributed by atoms with E-state index in [2.05, 4.69) is 13.8 Å². The number of Topliss-reactive ketones (excluding diaryl/α,β-unsaturated/α-hetero) is 1. The molecule has 0 unspecified atom stereocenters. The molecule has 0 atom stereocenters. The van der Waals surface area contributed by atoms with E-state index in [9.17, 15) is 9.18 Å². The molecule has 4 rings (SSSR count). The standard InChI is InChI=1S/C23H20FNO/c1-23(2)13-20-22(21(26)14-23)18(15-8-10-17(24)11-9-15)12-19(25-20)16-6-4-3-5-7-16/h3-12H,13-14H2,1-2H3.